The van der Waals surface area contributed by atoms with Crippen LogP contribution in [0.3, 0.4) is 0 Å². The molecule has 1 aliphatic heterocycles. The summed E-state index contributed by atoms with van der Waals surface area (Å²) in [6.07, 6.45) is 6.37. The monoisotopic (exact) mass is 408 g/mol. The first-order valence-electron chi connectivity index (χ1n) is 10.3. The number of rotatable bonds is 8. The van der Waals surface area contributed by atoms with Gasteiger partial charge in [-0.1, -0.05) is 18.2 Å². The molecule has 1 aliphatic rings. The third-order valence-corrected chi connectivity index (χ3v) is 5.28. The molecule has 30 heavy (non-hydrogen) atoms. The maximum Gasteiger partial charge on any atom is 0.223 e. The minimum atomic E-state index is -0.325. The molecule has 6 heteroatoms. The van der Waals surface area contributed by atoms with Crippen molar-refractivity contribution in [1.82, 2.24) is 9.88 Å². The molecule has 5 nitrogen and oxygen atoms in total. The number of hydrogen-bond acceptors (Lipinski definition) is 4. The van der Waals surface area contributed by atoms with Crippen LogP contribution in [-0.4, -0.2) is 35.0 Å². The van der Waals surface area contributed by atoms with Crippen LogP contribution in [0.4, 0.5) is 4.39 Å². The lowest BCUT2D eigenvalue weighted by Gasteiger charge is -2.25. The van der Waals surface area contributed by atoms with Gasteiger partial charge in [0.1, 0.15) is 17.3 Å². The second kappa shape index (κ2) is 9.67. The molecule has 4 rings (SSSR count). The number of carbonyl (C=O) groups excluding carboxylic acids is 1. The number of ether oxygens (including phenoxy) is 1. The number of aryl methyl sites for hydroxylation is 1. The normalized spacial score (nSPS) is 16.0. The van der Waals surface area contributed by atoms with Crippen LogP contribution in [0.2, 0.25) is 0 Å². The molecular formula is C24H25FN2O3. The summed E-state index contributed by atoms with van der Waals surface area (Å²) in [5.74, 6) is 0.856. The Labute approximate surface area is 175 Å². The Morgan fingerprint density at radius 3 is 2.83 bits per heavy atom. The van der Waals surface area contributed by atoms with Crippen LogP contribution in [0, 0.1) is 5.82 Å². The minimum absolute atomic E-state index is 0.0400. The predicted molar refractivity (Wildman–Crippen MR) is 111 cm³/mol. The van der Waals surface area contributed by atoms with E-state index in [-0.39, 0.29) is 17.8 Å². The molecular weight excluding hydrogens is 383 g/mol. The van der Waals surface area contributed by atoms with E-state index >= 15 is 0 Å². The Morgan fingerprint density at radius 1 is 1.17 bits per heavy atom. The number of furan rings is 1. The lowest BCUT2D eigenvalue weighted by atomic mass is 10.1. The van der Waals surface area contributed by atoms with E-state index in [0.29, 0.717) is 43.0 Å². The molecule has 3 aromatic rings. The highest BCUT2D eigenvalue weighted by Gasteiger charge is 2.23. The van der Waals surface area contributed by atoms with Crippen LogP contribution in [-0.2, 0) is 22.5 Å². The van der Waals surface area contributed by atoms with E-state index in [9.17, 15) is 9.18 Å². The number of benzene rings is 1. The summed E-state index contributed by atoms with van der Waals surface area (Å²) < 4.78 is 25.5. The quantitative estimate of drug-likeness (QED) is 0.546. The number of nitrogens with zero attached hydrogens (tertiary/aromatic N) is 2. The van der Waals surface area contributed by atoms with Crippen molar-refractivity contribution in [1.29, 1.82) is 0 Å². The van der Waals surface area contributed by atoms with Gasteiger partial charge in [-0.25, -0.2) is 4.39 Å². The van der Waals surface area contributed by atoms with Crippen molar-refractivity contribution in [3.8, 4) is 11.3 Å². The summed E-state index contributed by atoms with van der Waals surface area (Å²) in [6.45, 7) is 1.84. The first-order valence-corrected chi connectivity index (χ1v) is 10.3. The van der Waals surface area contributed by atoms with Gasteiger partial charge in [-0.15, -0.1) is 0 Å². The van der Waals surface area contributed by atoms with Gasteiger partial charge in [0, 0.05) is 44.9 Å². The Bertz CT molecular complexity index is 967. The van der Waals surface area contributed by atoms with Gasteiger partial charge >= 0.3 is 0 Å². The van der Waals surface area contributed by atoms with Gasteiger partial charge in [0.05, 0.1) is 11.7 Å². The molecule has 156 valence electrons. The van der Waals surface area contributed by atoms with Gasteiger partial charge in [0.15, 0.2) is 0 Å². The molecule has 1 amide bonds. The van der Waals surface area contributed by atoms with Gasteiger partial charge in [-0.2, -0.15) is 0 Å². The fourth-order valence-corrected chi connectivity index (χ4v) is 3.71. The molecule has 3 heterocycles. The second-order valence-electron chi connectivity index (χ2n) is 7.52. The molecule has 2 aromatic heterocycles. The topological polar surface area (TPSA) is 55.6 Å². The Hall–Kier alpha value is -2.99. The van der Waals surface area contributed by atoms with Gasteiger partial charge in [0.2, 0.25) is 5.91 Å². The highest BCUT2D eigenvalue weighted by molar-refractivity contribution is 5.76. The van der Waals surface area contributed by atoms with Crippen molar-refractivity contribution < 1.29 is 18.3 Å². The number of pyridine rings is 1. The van der Waals surface area contributed by atoms with Crippen molar-refractivity contribution in [2.24, 2.45) is 0 Å². The summed E-state index contributed by atoms with van der Waals surface area (Å²) in [5.41, 5.74) is 1.41. The highest BCUT2D eigenvalue weighted by Crippen LogP contribution is 2.25. The van der Waals surface area contributed by atoms with Crippen LogP contribution in [0.25, 0.3) is 11.3 Å². The molecule has 0 spiro atoms. The lowest BCUT2D eigenvalue weighted by Crippen LogP contribution is -2.37. The van der Waals surface area contributed by atoms with Gasteiger partial charge < -0.3 is 14.1 Å². The maximum atomic E-state index is 14.0. The zero-order valence-electron chi connectivity index (χ0n) is 16.8. The molecule has 0 bridgehead atoms. The molecule has 0 N–H and O–H groups in total. The van der Waals surface area contributed by atoms with E-state index in [1.807, 2.05) is 17.0 Å². The van der Waals surface area contributed by atoms with E-state index in [4.69, 9.17) is 9.15 Å². The van der Waals surface area contributed by atoms with Crippen LogP contribution in [0.15, 0.2) is 65.3 Å². The van der Waals surface area contributed by atoms with Crippen molar-refractivity contribution in [2.75, 3.05) is 13.2 Å². The number of hydrogen-bond donors (Lipinski definition) is 0. The number of amides is 1. The highest BCUT2D eigenvalue weighted by atomic mass is 19.1. The van der Waals surface area contributed by atoms with E-state index in [0.717, 1.165) is 25.0 Å². The Balaban J connectivity index is 1.40. The zero-order chi connectivity index (χ0) is 20.8. The Kier molecular flexibility index (Phi) is 6.54. The predicted octanol–water partition coefficient (Wildman–Crippen LogP) is 4.62. The average molecular weight is 408 g/mol. The molecule has 1 saturated heterocycles. The van der Waals surface area contributed by atoms with E-state index in [1.54, 1.807) is 42.7 Å². The van der Waals surface area contributed by atoms with Gasteiger partial charge in [-0.05, 0) is 48.7 Å². The SMILES string of the molecule is O=C(CCc1ccc(-c2ccccc2F)o1)N(Cc1cccnc1)CC1CCCO1. The number of carbonyl (C=O) groups is 1. The molecule has 1 atom stereocenters. The summed E-state index contributed by atoms with van der Waals surface area (Å²) in [7, 11) is 0. The molecule has 0 saturated carbocycles. The first-order chi connectivity index (χ1) is 14.7. The smallest absolute Gasteiger partial charge is 0.223 e. The summed E-state index contributed by atoms with van der Waals surface area (Å²) in [4.78, 5) is 19.0. The second-order valence-corrected chi connectivity index (χ2v) is 7.52. The van der Waals surface area contributed by atoms with Crippen molar-refractivity contribution >= 4 is 5.91 Å². The first kappa shape index (κ1) is 20.3. The van der Waals surface area contributed by atoms with Crippen LogP contribution >= 0.6 is 0 Å². The zero-order valence-corrected chi connectivity index (χ0v) is 16.8. The fourth-order valence-electron chi connectivity index (χ4n) is 3.71. The summed E-state index contributed by atoms with van der Waals surface area (Å²) in [5, 5.41) is 0. The number of halogens is 1. The summed E-state index contributed by atoms with van der Waals surface area (Å²) >= 11 is 0. The molecule has 0 aliphatic carbocycles. The van der Waals surface area contributed by atoms with Crippen LogP contribution < -0.4 is 0 Å². The third kappa shape index (κ3) is 5.13. The molecule has 0 radical (unpaired) electrons. The van der Waals surface area contributed by atoms with Gasteiger partial charge in [-0.3, -0.25) is 9.78 Å². The fraction of sp³-hybridized carbons (Fsp3) is 0.333. The summed E-state index contributed by atoms with van der Waals surface area (Å²) in [6, 6.07) is 13.9. The van der Waals surface area contributed by atoms with Crippen molar-refractivity contribution in [2.45, 2.75) is 38.3 Å². The van der Waals surface area contributed by atoms with E-state index in [1.165, 1.54) is 6.07 Å². The van der Waals surface area contributed by atoms with Gasteiger partial charge in [0.25, 0.3) is 0 Å². The van der Waals surface area contributed by atoms with Crippen molar-refractivity contribution in [3.05, 3.63) is 78.1 Å². The standard InChI is InChI=1S/C24H25FN2O3/c25-22-8-2-1-7-21(22)23-11-9-19(30-23)10-12-24(28)27(17-20-6-4-14-29-20)16-18-5-3-13-26-15-18/h1-3,5,7-9,11,13,15,20H,4,6,10,12,14,16-17H2. The third-order valence-electron chi connectivity index (χ3n) is 5.28. The van der Waals surface area contributed by atoms with E-state index < -0.39 is 0 Å². The molecule has 1 fully saturated rings. The largest absolute Gasteiger partial charge is 0.461 e. The average Bonchev–Trinajstić information content (AvgIpc) is 3.45. The number of aromatic nitrogens is 1. The van der Waals surface area contributed by atoms with E-state index in [2.05, 4.69) is 4.98 Å². The van der Waals surface area contributed by atoms with Crippen LogP contribution in [0.5, 0.6) is 0 Å². The van der Waals surface area contributed by atoms with Crippen LogP contribution in [0.1, 0.15) is 30.6 Å². The Morgan fingerprint density at radius 2 is 2.07 bits per heavy atom. The minimum Gasteiger partial charge on any atom is -0.461 e. The van der Waals surface area contributed by atoms with Crippen molar-refractivity contribution in [3.63, 3.8) is 0 Å². The lowest BCUT2D eigenvalue weighted by molar-refractivity contribution is -0.133. The molecule has 1 aromatic carbocycles. The molecule has 1 unspecified atom stereocenters. The maximum absolute atomic E-state index is 14.0.